The molecule has 0 atom stereocenters. The number of hydrogen-bond donors (Lipinski definition) is 1. The lowest BCUT2D eigenvalue weighted by Gasteiger charge is -2.29. The Morgan fingerprint density at radius 3 is 2.48 bits per heavy atom. The molecule has 0 radical (unpaired) electrons. The lowest BCUT2D eigenvalue weighted by Crippen LogP contribution is -2.37. The van der Waals surface area contributed by atoms with Crippen molar-refractivity contribution in [2.45, 2.75) is 25.7 Å². The topological polar surface area (TPSA) is 101 Å². The van der Waals surface area contributed by atoms with E-state index in [0.29, 0.717) is 40.9 Å². The van der Waals surface area contributed by atoms with Crippen molar-refractivity contribution in [2.24, 2.45) is 0 Å². The average molecular weight is 459 g/mol. The summed E-state index contributed by atoms with van der Waals surface area (Å²) >= 11 is 3.22. The number of aromatic nitrogens is 2. The van der Waals surface area contributed by atoms with Gasteiger partial charge >= 0.3 is 0 Å². The molecule has 4 rings (SSSR count). The first-order valence-electron chi connectivity index (χ1n) is 9.26. The molecule has 150 valence electrons. The van der Waals surface area contributed by atoms with Crippen molar-refractivity contribution in [1.82, 2.24) is 15.0 Å². The second kappa shape index (κ2) is 8.20. The second-order valence-electron chi connectivity index (χ2n) is 6.88. The Balaban J connectivity index is 1.38. The van der Waals surface area contributed by atoms with Crippen LogP contribution in [0.5, 0.6) is 0 Å². The Morgan fingerprint density at radius 1 is 1.14 bits per heavy atom. The Hall–Kier alpha value is -2.94. The van der Waals surface area contributed by atoms with Crippen molar-refractivity contribution in [2.75, 3.05) is 18.4 Å². The van der Waals surface area contributed by atoms with Gasteiger partial charge in [-0.15, -0.1) is 0 Å². The van der Waals surface area contributed by atoms with E-state index in [4.69, 9.17) is 8.94 Å². The summed E-state index contributed by atoms with van der Waals surface area (Å²) in [5.41, 5.74) is 1.52. The van der Waals surface area contributed by atoms with Gasteiger partial charge in [-0.25, -0.2) is 0 Å². The van der Waals surface area contributed by atoms with Gasteiger partial charge in [0.25, 0.3) is 5.91 Å². The van der Waals surface area contributed by atoms with Crippen LogP contribution in [0.25, 0.3) is 11.4 Å². The van der Waals surface area contributed by atoms with Crippen LogP contribution in [0, 0.1) is 0 Å². The predicted octanol–water partition coefficient (Wildman–Crippen LogP) is 4.07. The minimum absolute atomic E-state index is 0.111. The number of halogens is 1. The van der Waals surface area contributed by atoms with Crippen molar-refractivity contribution in [3.8, 4) is 11.4 Å². The molecule has 3 heterocycles. The predicted molar refractivity (Wildman–Crippen MR) is 108 cm³/mol. The maximum absolute atomic E-state index is 12.5. The highest BCUT2D eigenvalue weighted by atomic mass is 79.9. The fourth-order valence-electron chi connectivity index (χ4n) is 3.34. The van der Waals surface area contributed by atoms with Crippen molar-refractivity contribution >= 4 is 33.4 Å². The number of nitrogens with one attached hydrogen (secondary N) is 1. The van der Waals surface area contributed by atoms with Gasteiger partial charge in [0.15, 0.2) is 10.4 Å². The monoisotopic (exact) mass is 458 g/mol. The molecule has 3 aromatic rings. The fraction of sp³-hybridized carbons (Fsp3) is 0.300. The van der Waals surface area contributed by atoms with Crippen LogP contribution in [0.4, 0.5) is 5.69 Å². The van der Waals surface area contributed by atoms with E-state index in [9.17, 15) is 9.59 Å². The molecule has 1 N–H and O–H groups in total. The van der Waals surface area contributed by atoms with Crippen LogP contribution in [0.15, 0.2) is 50.0 Å². The van der Waals surface area contributed by atoms with Gasteiger partial charge in [0.1, 0.15) is 0 Å². The Labute approximate surface area is 175 Å². The van der Waals surface area contributed by atoms with Gasteiger partial charge in [0.2, 0.25) is 17.6 Å². The summed E-state index contributed by atoms with van der Waals surface area (Å²) in [6.07, 6.45) is 1.49. The molecule has 1 aromatic carbocycles. The average Bonchev–Trinajstić information content (AvgIpc) is 3.37. The highest BCUT2D eigenvalue weighted by Crippen LogP contribution is 2.29. The molecular formula is C20H19BrN4O4. The van der Waals surface area contributed by atoms with Gasteiger partial charge in [-0.2, -0.15) is 4.98 Å². The van der Waals surface area contributed by atoms with Gasteiger partial charge in [0, 0.05) is 37.2 Å². The van der Waals surface area contributed by atoms with Crippen LogP contribution in [0.1, 0.15) is 42.1 Å². The molecule has 0 spiro atoms. The lowest BCUT2D eigenvalue weighted by molar-refractivity contribution is -0.114. The van der Waals surface area contributed by atoms with E-state index in [0.717, 1.165) is 18.4 Å². The third kappa shape index (κ3) is 4.40. The number of amides is 2. The largest absolute Gasteiger partial charge is 0.444 e. The first-order chi connectivity index (χ1) is 14.0. The normalized spacial score (nSPS) is 14.8. The van der Waals surface area contributed by atoms with Crippen LogP contribution >= 0.6 is 15.9 Å². The number of carbonyl (C=O) groups is 2. The number of anilines is 1. The number of nitrogens with zero attached hydrogens (tertiary/aromatic N) is 3. The third-order valence-corrected chi connectivity index (χ3v) is 5.25. The summed E-state index contributed by atoms with van der Waals surface area (Å²) in [7, 11) is 0. The SMILES string of the molecule is CC(=O)Nc1ccc(-c2noc(C3CCN(C(=O)c4ccc(Br)o4)CC3)n2)cc1. The summed E-state index contributed by atoms with van der Waals surface area (Å²) in [5.74, 6) is 1.30. The van der Waals surface area contributed by atoms with Crippen LogP contribution in [0.3, 0.4) is 0 Å². The number of benzene rings is 1. The molecule has 0 aliphatic carbocycles. The maximum atomic E-state index is 12.5. The lowest BCUT2D eigenvalue weighted by atomic mass is 9.96. The zero-order chi connectivity index (χ0) is 20.4. The molecule has 8 nitrogen and oxygen atoms in total. The molecule has 2 amide bonds. The minimum Gasteiger partial charge on any atom is -0.444 e. The van der Waals surface area contributed by atoms with E-state index in [-0.39, 0.29) is 17.7 Å². The van der Waals surface area contributed by atoms with Gasteiger partial charge in [-0.3, -0.25) is 9.59 Å². The maximum Gasteiger partial charge on any atom is 0.289 e. The van der Waals surface area contributed by atoms with E-state index < -0.39 is 0 Å². The van der Waals surface area contributed by atoms with Crippen LogP contribution < -0.4 is 5.32 Å². The molecule has 2 aromatic heterocycles. The third-order valence-electron chi connectivity index (χ3n) is 4.82. The molecule has 1 aliphatic rings. The molecular weight excluding hydrogens is 440 g/mol. The summed E-state index contributed by atoms with van der Waals surface area (Å²) < 4.78 is 11.4. The van der Waals surface area contributed by atoms with Crippen molar-refractivity contribution in [3.05, 3.63) is 52.7 Å². The summed E-state index contributed by atoms with van der Waals surface area (Å²) in [6, 6.07) is 10.6. The Kier molecular flexibility index (Phi) is 5.48. The van der Waals surface area contributed by atoms with E-state index in [1.165, 1.54) is 6.92 Å². The number of furan rings is 1. The molecule has 29 heavy (non-hydrogen) atoms. The van der Waals surface area contributed by atoms with E-state index in [1.54, 1.807) is 29.2 Å². The zero-order valence-corrected chi connectivity index (χ0v) is 17.3. The number of piperidine rings is 1. The van der Waals surface area contributed by atoms with Crippen molar-refractivity contribution in [1.29, 1.82) is 0 Å². The summed E-state index contributed by atoms with van der Waals surface area (Å²) in [6.45, 7) is 2.67. The highest BCUT2D eigenvalue weighted by Gasteiger charge is 2.29. The first-order valence-corrected chi connectivity index (χ1v) is 10.0. The summed E-state index contributed by atoms with van der Waals surface area (Å²) in [4.78, 5) is 29.9. The molecule has 0 bridgehead atoms. The standard InChI is InChI=1S/C20H19BrN4O4/c1-12(26)22-15-4-2-13(3-5-15)18-23-19(29-24-18)14-8-10-25(11-9-14)20(27)16-6-7-17(21)28-16/h2-7,14H,8-11H2,1H3,(H,22,26). The van der Waals surface area contributed by atoms with E-state index >= 15 is 0 Å². The van der Waals surface area contributed by atoms with Gasteiger partial charge in [0.05, 0.1) is 0 Å². The highest BCUT2D eigenvalue weighted by molar-refractivity contribution is 9.10. The first kappa shape index (κ1) is 19.4. The molecule has 0 unspecified atom stereocenters. The van der Waals surface area contributed by atoms with Crippen molar-refractivity contribution < 1.29 is 18.5 Å². The van der Waals surface area contributed by atoms with E-state index in [2.05, 4.69) is 31.4 Å². The Morgan fingerprint density at radius 2 is 1.86 bits per heavy atom. The summed E-state index contributed by atoms with van der Waals surface area (Å²) in [5, 5.41) is 6.80. The van der Waals surface area contributed by atoms with Crippen LogP contribution in [-0.2, 0) is 4.79 Å². The molecule has 9 heteroatoms. The Bertz CT molecular complexity index is 1020. The number of hydrogen-bond acceptors (Lipinski definition) is 6. The molecule has 1 fully saturated rings. The number of likely N-dealkylation sites (tertiary alicyclic amines) is 1. The number of rotatable bonds is 4. The number of carbonyl (C=O) groups excluding carboxylic acids is 2. The van der Waals surface area contributed by atoms with Crippen LogP contribution in [-0.4, -0.2) is 39.9 Å². The molecule has 1 aliphatic heterocycles. The van der Waals surface area contributed by atoms with Gasteiger partial charge < -0.3 is 19.2 Å². The van der Waals surface area contributed by atoms with Gasteiger partial charge in [-0.1, -0.05) is 5.16 Å². The fourth-order valence-corrected chi connectivity index (χ4v) is 3.65. The zero-order valence-electron chi connectivity index (χ0n) is 15.7. The quantitative estimate of drug-likeness (QED) is 0.631. The van der Waals surface area contributed by atoms with Crippen LogP contribution in [0.2, 0.25) is 0 Å². The minimum atomic E-state index is -0.121. The van der Waals surface area contributed by atoms with Gasteiger partial charge in [-0.05, 0) is 65.2 Å². The van der Waals surface area contributed by atoms with Crippen molar-refractivity contribution in [3.63, 3.8) is 0 Å². The smallest absolute Gasteiger partial charge is 0.289 e. The molecule has 0 saturated carbocycles. The second-order valence-corrected chi connectivity index (χ2v) is 7.67. The van der Waals surface area contributed by atoms with E-state index in [1.807, 2.05) is 12.1 Å². The molecule has 1 saturated heterocycles.